The van der Waals surface area contributed by atoms with Gasteiger partial charge < -0.3 is 9.47 Å². The Morgan fingerprint density at radius 3 is 2.37 bits per heavy atom. The van der Waals surface area contributed by atoms with Crippen molar-refractivity contribution in [1.29, 1.82) is 5.41 Å². The van der Waals surface area contributed by atoms with Crippen molar-refractivity contribution in [3.63, 3.8) is 0 Å². The fraction of sp³-hybridized carbons (Fsp3) is 0.0769. The van der Waals surface area contributed by atoms with Gasteiger partial charge in [0, 0.05) is 10.6 Å². The molecule has 9 heteroatoms. The summed E-state index contributed by atoms with van der Waals surface area (Å²) in [5.74, 6) is 0.879. The molecule has 2 heterocycles. The molecule has 3 aromatic carbocycles. The first kappa shape index (κ1) is 22.9. The lowest BCUT2D eigenvalue weighted by Crippen LogP contribution is -2.35. The molecule has 35 heavy (non-hydrogen) atoms. The quantitative estimate of drug-likeness (QED) is 0.424. The zero-order chi connectivity index (χ0) is 24.2. The Bertz CT molecular complexity index is 1370. The van der Waals surface area contributed by atoms with Crippen LogP contribution in [0.1, 0.15) is 11.1 Å². The summed E-state index contributed by atoms with van der Waals surface area (Å²) >= 11 is 7.39. The van der Waals surface area contributed by atoms with Gasteiger partial charge >= 0.3 is 0 Å². The van der Waals surface area contributed by atoms with Gasteiger partial charge in [-0.25, -0.2) is 0 Å². The van der Waals surface area contributed by atoms with Gasteiger partial charge in [0.05, 0.1) is 5.57 Å². The minimum Gasteiger partial charge on any atom is -0.489 e. The summed E-state index contributed by atoms with van der Waals surface area (Å²) in [7, 11) is 0. The third-order valence-electron chi connectivity index (χ3n) is 5.15. The summed E-state index contributed by atoms with van der Waals surface area (Å²) in [6, 6.07) is 24.1. The molecule has 0 saturated heterocycles. The van der Waals surface area contributed by atoms with Gasteiger partial charge in [-0.1, -0.05) is 60.1 Å². The highest BCUT2D eigenvalue weighted by Crippen LogP contribution is 2.29. The maximum atomic E-state index is 12.6. The lowest BCUT2D eigenvalue weighted by molar-refractivity contribution is -0.114. The summed E-state index contributed by atoms with van der Waals surface area (Å²) in [6.45, 7) is 0.571. The van der Waals surface area contributed by atoms with Gasteiger partial charge in [0.15, 0.2) is 5.84 Å². The van der Waals surface area contributed by atoms with Crippen LogP contribution in [0.3, 0.4) is 0 Å². The van der Waals surface area contributed by atoms with Gasteiger partial charge in [-0.15, -0.1) is 0 Å². The topological polar surface area (TPSA) is 87.3 Å². The van der Waals surface area contributed by atoms with E-state index in [-0.39, 0.29) is 18.0 Å². The number of para-hydroxylation sites is 1. The molecule has 0 aliphatic carbocycles. The van der Waals surface area contributed by atoms with Gasteiger partial charge in [-0.05, 0) is 53.7 Å². The van der Waals surface area contributed by atoms with Crippen molar-refractivity contribution in [2.75, 3.05) is 6.61 Å². The molecule has 5 rings (SSSR count). The van der Waals surface area contributed by atoms with Gasteiger partial charge in [0.1, 0.15) is 29.8 Å². The first-order valence-electron chi connectivity index (χ1n) is 10.7. The normalized spacial score (nSPS) is 16.1. The van der Waals surface area contributed by atoms with Crippen molar-refractivity contribution < 1.29 is 14.3 Å². The zero-order valence-electron chi connectivity index (χ0n) is 18.3. The molecule has 0 fully saturated rings. The molecule has 0 bridgehead atoms. The number of amidine groups is 2. The monoisotopic (exact) mass is 502 g/mol. The van der Waals surface area contributed by atoms with Crippen LogP contribution >= 0.6 is 23.4 Å². The Labute approximate surface area is 211 Å². The highest BCUT2D eigenvalue weighted by Gasteiger charge is 2.35. The number of amides is 1. The fourth-order valence-corrected chi connectivity index (χ4v) is 4.34. The van der Waals surface area contributed by atoms with Crippen molar-refractivity contribution in [3.8, 4) is 11.5 Å². The second-order valence-electron chi connectivity index (χ2n) is 7.56. The Balaban J connectivity index is 1.25. The molecule has 1 N–H and O–H groups in total. The van der Waals surface area contributed by atoms with Crippen LogP contribution in [0, 0.1) is 5.41 Å². The van der Waals surface area contributed by atoms with E-state index < -0.39 is 5.91 Å². The number of aliphatic imine (C=N–C) groups is 1. The average Bonchev–Trinajstić information content (AvgIpc) is 3.29. The summed E-state index contributed by atoms with van der Waals surface area (Å²) in [5, 5.41) is 15.9. The van der Waals surface area contributed by atoms with Crippen LogP contribution in [0.5, 0.6) is 11.5 Å². The Kier molecular flexibility index (Phi) is 6.65. The second-order valence-corrected chi connectivity index (χ2v) is 9.01. The smallest absolute Gasteiger partial charge is 0.283 e. The van der Waals surface area contributed by atoms with E-state index in [2.05, 4.69) is 10.1 Å². The molecule has 174 valence electrons. The predicted octanol–water partition coefficient (Wildman–Crippen LogP) is 5.62. The first-order valence-corrected chi connectivity index (χ1v) is 11.9. The van der Waals surface area contributed by atoms with E-state index in [1.165, 1.54) is 16.8 Å². The Morgan fingerprint density at radius 1 is 0.914 bits per heavy atom. The lowest BCUT2D eigenvalue weighted by Gasteiger charge is -2.20. The zero-order valence-corrected chi connectivity index (χ0v) is 19.9. The molecule has 2 aliphatic rings. The van der Waals surface area contributed by atoms with Crippen molar-refractivity contribution in [3.05, 3.63) is 101 Å². The number of carbonyl (C=O) groups is 1. The molecule has 0 atom stereocenters. The van der Waals surface area contributed by atoms with Crippen molar-refractivity contribution >= 4 is 51.4 Å². The van der Waals surface area contributed by atoms with Gasteiger partial charge in [0.2, 0.25) is 5.17 Å². The van der Waals surface area contributed by atoms with Crippen LogP contribution in [0.4, 0.5) is 0 Å². The largest absolute Gasteiger partial charge is 0.489 e. The van der Waals surface area contributed by atoms with Crippen LogP contribution in [-0.4, -0.2) is 33.6 Å². The molecule has 0 spiro atoms. The summed E-state index contributed by atoms with van der Waals surface area (Å²) in [4.78, 5) is 16.8. The predicted molar refractivity (Wildman–Crippen MR) is 139 cm³/mol. The van der Waals surface area contributed by atoms with E-state index in [0.29, 0.717) is 33.3 Å². The SMILES string of the molecule is N=C1/C(=C/c2ccc(OCc3ccccc3Cl)cc2)C(=O)N=C2SC(COc3ccccc3)=NN12. The Morgan fingerprint density at radius 2 is 1.60 bits per heavy atom. The highest BCUT2D eigenvalue weighted by molar-refractivity contribution is 8.27. The highest BCUT2D eigenvalue weighted by atomic mass is 35.5. The van der Waals surface area contributed by atoms with E-state index in [0.717, 1.165) is 11.1 Å². The summed E-state index contributed by atoms with van der Waals surface area (Å²) in [5.41, 5.74) is 1.80. The number of ether oxygens (including phenoxy) is 2. The maximum absolute atomic E-state index is 12.6. The van der Waals surface area contributed by atoms with E-state index in [1.54, 1.807) is 18.2 Å². The summed E-state index contributed by atoms with van der Waals surface area (Å²) < 4.78 is 11.5. The van der Waals surface area contributed by atoms with E-state index in [9.17, 15) is 4.79 Å². The Hall–Kier alpha value is -3.88. The maximum Gasteiger partial charge on any atom is 0.283 e. The number of benzene rings is 3. The molecule has 3 aromatic rings. The number of hydrazone groups is 1. The minimum atomic E-state index is -0.478. The van der Waals surface area contributed by atoms with Crippen molar-refractivity contribution in [1.82, 2.24) is 5.01 Å². The third-order valence-corrected chi connectivity index (χ3v) is 6.40. The fourth-order valence-electron chi connectivity index (χ4n) is 3.36. The molecule has 2 aliphatic heterocycles. The molecular weight excluding hydrogens is 484 g/mol. The molecular formula is C26H19ClN4O3S. The third kappa shape index (κ3) is 5.29. The van der Waals surface area contributed by atoms with Crippen molar-refractivity contribution in [2.24, 2.45) is 10.1 Å². The number of hydrogen-bond donors (Lipinski definition) is 1. The second kappa shape index (κ2) is 10.2. The first-order chi connectivity index (χ1) is 17.1. The van der Waals surface area contributed by atoms with Crippen LogP contribution in [-0.2, 0) is 11.4 Å². The molecule has 0 aromatic heterocycles. The number of thioether (sulfide) groups is 1. The number of fused-ring (bicyclic) bond motifs is 1. The van der Waals surface area contributed by atoms with Crippen LogP contribution < -0.4 is 9.47 Å². The van der Waals surface area contributed by atoms with Crippen LogP contribution in [0.15, 0.2) is 94.5 Å². The number of rotatable bonds is 7. The van der Waals surface area contributed by atoms with E-state index >= 15 is 0 Å². The number of hydrogen-bond acceptors (Lipinski definition) is 6. The average molecular weight is 503 g/mol. The van der Waals surface area contributed by atoms with Crippen molar-refractivity contribution in [2.45, 2.75) is 6.61 Å². The molecule has 0 unspecified atom stereocenters. The minimum absolute atomic E-state index is 0.0266. The van der Waals surface area contributed by atoms with Gasteiger partial charge in [0.25, 0.3) is 5.91 Å². The van der Waals surface area contributed by atoms with Crippen LogP contribution in [0.25, 0.3) is 6.08 Å². The molecule has 7 nitrogen and oxygen atoms in total. The molecule has 0 saturated carbocycles. The standard InChI is InChI=1S/C26H19ClN4O3S/c27-22-9-5-4-6-18(22)15-33-20-12-10-17(11-13-20)14-21-24(28)31-26(29-25(21)32)35-23(30-31)16-34-19-7-2-1-3-8-19/h1-14,28H,15-16H2/b21-14-,28-24?. The molecule has 0 radical (unpaired) electrons. The number of halogens is 1. The number of nitrogens with zero attached hydrogens (tertiary/aromatic N) is 3. The van der Waals surface area contributed by atoms with E-state index in [1.807, 2.05) is 66.7 Å². The number of carbonyl (C=O) groups excluding carboxylic acids is 1. The number of nitrogens with one attached hydrogen (secondary N) is 1. The van der Waals surface area contributed by atoms with Gasteiger partial charge in [-0.3, -0.25) is 10.2 Å². The van der Waals surface area contributed by atoms with E-state index in [4.69, 9.17) is 26.5 Å². The van der Waals surface area contributed by atoms with Gasteiger partial charge in [-0.2, -0.15) is 15.1 Å². The molecule has 1 amide bonds. The lowest BCUT2D eigenvalue weighted by atomic mass is 10.1. The van der Waals surface area contributed by atoms with Crippen LogP contribution in [0.2, 0.25) is 5.02 Å². The summed E-state index contributed by atoms with van der Waals surface area (Å²) in [6.07, 6.45) is 1.63.